The standard InChI is InChI=1S/C25H40O13/c1-10-7-12(27)8-25(3,4)13(10)6-5-11(2)35-24-21(17(30)15(28)14(9-26)36-24)38-23-19(32)16(29)18(31)20(37-23)22(33)34/h7,11,13-21,23-24,26,28-32H,5-6,8-9H2,1-4H3,(H,33,34)/t11?,13?,14-,15-,16+,17+,18+,19-,20+,21-,23+,24-/m1/s1. The van der Waals surface area contributed by atoms with Gasteiger partial charge in [0.2, 0.25) is 0 Å². The van der Waals surface area contributed by atoms with Crippen LogP contribution >= 0.6 is 0 Å². The number of ether oxygens (including phenoxy) is 4. The molecular weight excluding hydrogens is 508 g/mol. The second-order valence-electron chi connectivity index (χ2n) is 11.1. The summed E-state index contributed by atoms with van der Waals surface area (Å²) in [4.78, 5) is 23.4. The first-order valence-corrected chi connectivity index (χ1v) is 12.7. The lowest BCUT2D eigenvalue weighted by Gasteiger charge is -2.46. The third-order valence-electron chi connectivity index (χ3n) is 7.67. The molecule has 7 N–H and O–H groups in total. The fraction of sp³-hybridized carbons (Fsp3) is 0.840. The molecule has 2 aliphatic heterocycles. The number of carboxylic acid groups (broad SMARTS) is 1. The molecule has 3 aliphatic rings. The molecule has 2 fully saturated rings. The molecule has 0 radical (unpaired) electrons. The summed E-state index contributed by atoms with van der Waals surface area (Å²) in [5.41, 5.74) is 0.732. The molecular formula is C25H40O13. The maximum absolute atomic E-state index is 12.0. The molecule has 0 aromatic heterocycles. The van der Waals surface area contributed by atoms with Crippen molar-refractivity contribution >= 4 is 11.8 Å². The van der Waals surface area contributed by atoms with E-state index in [2.05, 4.69) is 0 Å². The Morgan fingerprint density at radius 3 is 2.29 bits per heavy atom. The fourth-order valence-corrected chi connectivity index (χ4v) is 5.54. The lowest BCUT2D eigenvalue weighted by molar-refractivity contribution is -0.368. The minimum atomic E-state index is -1.94. The molecule has 2 saturated heterocycles. The molecule has 0 spiro atoms. The Kier molecular flexibility index (Phi) is 10.1. The quantitative estimate of drug-likeness (QED) is 0.174. The van der Waals surface area contributed by atoms with E-state index in [0.29, 0.717) is 19.3 Å². The van der Waals surface area contributed by atoms with Gasteiger partial charge in [-0.25, -0.2) is 4.79 Å². The van der Waals surface area contributed by atoms with Gasteiger partial charge >= 0.3 is 5.97 Å². The summed E-state index contributed by atoms with van der Waals surface area (Å²) in [6.45, 7) is 7.07. The van der Waals surface area contributed by atoms with Crippen LogP contribution in [0.15, 0.2) is 11.6 Å². The monoisotopic (exact) mass is 548 g/mol. The number of hydrogen-bond acceptors (Lipinski definition) is 12. The predicted molar refractivity (Wildman–Crippen MR) is 127 cm³/mol. The van der Waals surface area contributed by atoms with Gasteiger partial charge in [-0.15, -0.1) is 0 Å². The van der Waals surface area contributed by atoms with Gasteiger partial charge in [-0.1, -0.05) is 19.4 Å². The molecule has 218 valence electrons. The van der Waals surface area contributed by atoms with Gasteiger partial charge in [0.1, 0.15) is 42.7 Å². The number of ketones is 1. The number of rotatable bonds is 9. The second kappa shape index (κ2) is 12.3. The van der Waals surface area contributed by atoms with E-state index in [1.165, 1.54) is 0 Å². The van der Waals surface area contributed by atoms with E-state index < -0.39 is 80.1 Å². The number of allylic oxidation sites excluding steroid dienone is 2. The van der Waals surface area contributed by atoms with Gasteiger partial charge in [0, 0.05) is 6.42 Å². The summed E-state index contributed by atoms with van der Waals surface area (Å²) in [6.07, 6.45) is -14.3. The summed E-state index contributed by atoms with van der Waals surface area (Å²) in [7, 11) is 0. The predicted octanol–water partition coefficient (Wildman–Crippen LogP) is -1.55. The van der Waals surface area contributed by atoms with Gasteiger partial charge in [-0.05, 0) is 44.1 Å². The Morgan fingerprint density at radius 1 is 1.05 bits per heavy atom. The highest BCUT2D eigenvalue weighted by Gasteiger charge is 2.52. The maximum atomic E-state index is 12.0. The van der Waals surface area contributed by atoms with Crippen LogP contribution in [0.1, 0.15) is 47.0 Å². The van der Waals surface area contributed by atoms with Crippen molar-refractivity contribution in [2.24, 2.45) is 11.3 Å². The van der Waals surface area contributed by atoms with E-state index in [9.17, 15) is 45.3 Å². The first kappa shape index (κ1) is 31.0. The van der Waals surface area contributed by atoms with Crippen LogP contribution in [-0.4, -0.2) is 122 Å². The van der Waals surface area contributed by atoms with Gasteiger partial charge in [-0.3, -0.25) is 4.79 Å². The molecule has 13 nitrogen and oxygen atoms in total. The average Bonchev–Trinajstić information content (AvgIpc) is 2.81. The molecule has 0 bridgehead atoms. The highest BCUT2D eigenvalue weighted by atomic mass is 16.8. The van der Waals surface area contributed by atoms with Crippen molar-refractivity contribution in [3.05, 3.63) is 11.6 Å². The smallest absolute Gasteiger partial charge is 0.335 e. The third kappa shape index (κ3) is 6.61. The topological polar surface area (TPSA) is 213 Å². The summed E-state index contributed by atoms with van der Waals surface area (Å²) in [6, 6.07) is 0. The first-order chi connectivity index (χ1) is 17.7. The van der Waals surface area contributed by atoms with Crippen molar-refractivity contribution in [1.82, 2.24) is 0 Å². The van der Waals surface area contributed by atoms with E-state index in [1.807, 2.05) is 20.8 Å². The molecule has 12 atom stereocenters. The lowest BCUT2D eigenvalue weighted by atomic mass is 9.66. The molecule has 0 amide bonds. The summed E-state index contributed by atoms with van der Waals surface area (Å²) >= 11 is 0. The summed E-state index contributed by atoms with van der Waals surface area (Å²) in [5.74, 6) is -1.41. The summed E-state index contributed by atoms with van der Waals surface area (Å²) in [5, 5.41) is 70.3. The van der Waals surface area contributed by atoms with E-state index in [0.717, 1.165) is 5.57 Å². The Balaban J connectivity index is 1.73. The molecule has 38 heavy (non-hydrogen) atoms. The number of aliphatic hydroxyl groups excluding tert-OH is 6. The number of carbonyl (C=O) groups is 2. The highest BCUT2D eigenvalue weighted by molar-refractivity contribution is 5.91. The van der Waals surface area contributed by atoms with E-state index in [-0.39, 0.29) is 17.1 Å². The van der Waals surface area contributed by atoms with Crippen molar-refractivity contribution in [3.8, 4) is 0 Å². The lowest BCUT2D eigenvalue weighted by Crippen LogP contribution is -2.65. The number of aliphatic hydroxyl groups is 6. The molecule has 2 heterocycles. The number of aliphatic carboxylic acids is 1. The van der Waals surface area contributed by atoms with Crippen molar-refractivity contribution in [1.29, 1.82) is 0 Å². The van der Waals surface area contributed by atoms with Crippen LogP contribution in [0.5, 0.6) is 0 Å². The van der Waals surface area contributed by atoms with Crippen LogP contribution in [0.25, 0.3) is 0 Å². The third-order valence-corrected chi connectivity index (χ3v) is 7.67. The SMILES string of the molecule is CC1=CC(=O)CC(C)(C)C1CCC(C)O[C@@H]1O[C@H](CO)[C@@H](O)[C@H](O)[C@H]1O[C@@H]1O[C@H](C(=O)O)[C@@H](O)[C@H](O)[C@H]1O. The zero-order chi connectivity index (χ0) is 28.5. The van der Waals surface area contributed by atoms with Crippen LogP contribution in [0.3, 0.4) is 0 Å². The van der Waals surface area contributed by atoms with E-state index >= 15 is 0 Å². The molecule has 13 heteroatoms. The molecule has 0 saturated carbocycles. The van der Waals surface area contributed by atoms with Gasteiger partial charge in [-0.2, -0.15) is 0 Å². The Hall–Kier alpha value is -1.52. The second-order valence-corrected chi connectivity index (χ2v) is 11.1. The average molecular weight is 549 g/mol. The van der Waals surface area contributed by atoms with Crippen LogP contribution < -0.4 is 0 Å². The zero-order valence-electron chi connectivity index (χ0n) is 21.9. The fourth-order valence-electron chi connectivity index (χ4n) is 5.54. The van der Waals surface area contributed by atoms with Gasteiger partial charge in [0.05, 0.1) is 12.7 Å². The van der Waals surface area contributed by atoms with Gasteiger partial charge in [0.25, 0.3) is 0 Å². The molecule has 1 aliphatic carbocycles. The van der Waals surface area contributed by atoms with Crippen LogP contribution in [-0.2, 0) is 28.5 Å². The Morgan fingerprint density at radius 2 is 1.71 bits per heavy atom. The van der Waals surface area contributed by atoms with E-state index in [1.54, 1.807) is 13.0 Å². The van der Waals surface area contributed by atoms with Crippen molar-refractivity contribution in [2.45, 2.75) is 114 Å². The van der Waals surface area contributed by atoms with Gasteiger partial charge in [0.15, 0.2) is 24.5 Å². The Labute approximate surface area is 220 Å². The van der Waals surface area contributed by atoms with Crippen molar-refractivity contribution in [3.63, 3.8) is 0 Å². The van der Waals surface area contributed by atoms with Crippen LogP contribution in [0.4, 0.5) is 0 Å². The normalized spacial score (nSPS) is 42.4. The molecule has 0 aromatic rings. The van der Waals surface area contributed by atoms with Gasteiger partial charge < -0.3 is 54.7 Å². The van der Waals surface area contributed by atoms with Crippen molar-refractivity contribution in [2.75, 3.05) is 6.61 Å². The number of hydrogen-bond donors (Lipinski definition) is 7. The zero-order valence-corrected chi connectivity index (χ0v) is 21.9. The van der Waals surface area contributed by atoms with E-state index in [4.69, 9.17) is 18.9 Å². The minimum Gasteiger partial charge on any atom is -0.479 e. The molecule has 3 rings (SSSR count). The molecule has 2 unspecified atom stereocenters. The van der Waals surface area contributed by atoms with Crippen LogP contribution in [0.2, 0.25) is 0 Å². The maximum Gasteiger partial charge on any atom is 0.335 e. The number of carboxylic acids is 1. The summed E-state index contributed by atoms with van der Waals surface area (Å²) < 4.78 is 22.4. The highest BCUT2D eigenvalue weighted by Crippen LogP contribution is 2.42. The van der Waals surface area contributed by atoms with Crippen molar-refractivity contribution < 1.29 is 64.3 Å². The number of carbonyl (C=O) groups excluding carboxylic acids is 1. The largest absolute Gasteiger partial charge is 0.479 e. The minimum absolute atomic E-state index is 0.0844. The Bertz CT molecular complexity index is 875. The first-order valence-electron chi connectivity index (χ1n) is 12.7. The molecule has 0 aromatic carbocycles. The van der Waals surface area contributed by atoms with Crippen LogP contribution in [0, 0.1) is 11.3 Å².